The summed E-state index contributed by atoms with van der Waals surface area (Å²) >= 11 is 0. The number of rotatable bonds is 5. The molecule has 0 aromatic heterocycles. The molecule has 0 aliphatic rings. The van der Waals surface area contributed by atoms with Crippen LogP contribution in [0.3, 0.4) is 0 Å². The first-order valence-electron chi connectivity index (χ1n) is 3.58. The van der Waals surface area contributed by atoms with Gasteiger partial charge in [-0.15, -0.1) is 0 Å². The molecule has 0 aromatic carbocycles. The van der Waals surface area contributed by atoms with Crippen LogP contribution in [0.4, 0.5) is 0 Å². The summed E-state index contributed by atoms with van der Waals surface area (Å²) in [6.45, 7) is 2.39. The minimum absolute atomic E-state index is 0. The van der Waals surface area contributed by atoms with Crippen molar-refractivity contribution in [1.29, 1.82) is 0 Å². The third kappa shape index (κ3) is 16.0. The predicted octanol–water partition coefficient (Wildman–Crippen LogP) is -3.36. The Bertz CT molecular complexity index is 176. The molecule has 0 fully saturated rings. The minimum atomic E-state index is -3.65. The Morgan fingerprint density at radius 1 is 1.54 bits per heavy atom. The summed E-state index contributed by atoms with van der Waals surface area (Å²) in [5.74, 6) is 0. The van der Waals surface area contributed by atoms with E-state index in [1.807, 2.05) is 0 Å². The van der Waals surface area contributed by atoms with Crippen LogP contribution < -0.4 is 34.5 Å². The van der Waals surface area contributed by atoms with E-state index < -0.39 is 16.2 Å². The smallest absolute Gasteiger partial charge is 0.779 e. The Hall–Kier alpha value is 1.29. The van der Waals surface area contributed by atoms with E-state index in [1.54, 1.807) is 0 Å². The quantitative estimate of drug-likeness (QED) is 0.295. The summed E-state index contributed by atoms with van der Waals surface area (Å²) < 4.78 is 14.9. The van der Waals surface area contributed by atoms with Crippen molar-refractivity contribution in [2.75, 3.05) is 13.3 Å². The molecule has 0 heterocycles. The predicted molar refractivity (Wildman–Crippen MR) is 45.0 cm³/mol. The fourth-order valence-electron chi connectivity index (χ4n) is 0.637. The monoisotopic (exact) mass is 236 g/mol. The molecule has 1 atom stereocenters. The average molecular weight is 236 g/mol. The van der Waals surface area contributed by atoms with E-state index in [-0.39, 0.29) is 42.2 Å². The van der Waals surface area contributed by atoms with Gasteiger partial charge in [0.05, 0.1) is 6.61 Å². The Balaban J connectivity index is 0. The first-order chi connectivity index (χ1) is 5.21. The molecule has 0 aliphatic carbocycles. The molecule has 0 spiro atoms. The zero-order valence-electron chi connectivity index (χ0n) is 8.19. The minimum Gasteiger partial charge on any atom is -0.779 e. The molecule has 0 aromatic rings. The second-order valence-electron chi connectivity index (χ2n) is 2.93. The SMILES string of the molecule is C[Si](O)(O)CCCOP(C)(=O)[O-].[Na+]. The van der Waals surface area contributed by atoms with Gasteiger partial charge in [-0.1, -0.05) is 0 Å². The molecule has 0 aliphatic heterocycles. The van der Waals surface area contributed by atoms with Crippen LogP contribution in [0.5, 0.6) is 0 Å². The Morgan fingerprint density at radius 3 is 2.31 bits per heavy atom. The topological polar surface area (TPSA) is 89.8 Å². The van der Waals surface area contributed by atoms with Crippen LogP contribution >= 0.6 is 7.60 Å². The van der Waals surface area contributed by atoms with Crippen molar-refractivity contribution in [3.05, 3.63) is 0 Å². The molecule has 0 radical (unpaired) electrons. The molecule has 0 saturated carbocycles. The van der Waals surface area contributed by atoms with Crippen LogP contribution in [0.15, 0.2) is 0 Å². The van der Waals surface area contributed by atoms with Crippen LogP contribution in [0.2, 0.25) is 12.6 Å². The van der Waals surface area contributed by atoms with E-state index in [2.05, 4.69) is 4.52 Å². The van der Waals surface area contributed by atoms with Crippen molar-refractivity contribution in [2.24, 2.45) is 0 Å². The van der Waals surface area contributed by atoms with Gasteiger partial charge in [0.2, 0.25) is 0 Å². The van der Waals surface area contributed by atoms with E-state index in [4.69, 9.17) is 9.59 Å². The maximum absolute atomic E-state index is 10.4. The van der Waals surface area contributed by atoms with Gasteiger partial charge in [0.15, 0.2) is 0 Å². The Morgan fingerprint density at radius 2 is 2.00 bits per heavy atom. The summed E-state index contributed by atoms with van der Waals surface area (Å²) in [5, 5.41) is 0. The fourth-order valence-corrected chi connectivity index (χ4v) is 1.91. The van der Waals surface area contributed by atoms with Gasteiger partial charge in [0.1, 0.15) is 7.60 Å². The molecule has 0 rings (SSSR count). The molecule has 5 nitrogen and oxygen atoms in total. The Labute approximate surface area is 101 Å². The standard InChI is InChI=1S/C5H15O5PSi.Na/c1-11(6,7)10-4-3-5-12(2,8)9;/h8-9H,3-5H2,1-2H3,(H,6,7);/q;+1/p-1. The van der Waals surface area contributed by atoms with Gasteiger partial charge in [-0.2, -0.15) is 0 Å². The molecule has 1 unspecified atom stereocenters. The van der Waals surface area contributed by atoms with Crippen molar-refractivity contribution in [3.63, 3.8) is 0 Å². The third-order valence-corrected chi connectivity index (χ3v) is 3.07. The maximum Gasteiger partial charge on any atom is 1.00 e. The molecule has 13 heavy (non-hydrogen) atoms. The van der Waals surface area contributed by atoms with Gasteiger partial charge in [0.25, 0.3) is 0 Å². The first kappa shape index (κ1) is 16.7. The van der Waals surface area contributed by atoms with Crippen LogP contribution in [0, 0.1) is 0 Å². The van der Waals surface area contributed by atoms with Gasteiger partial charge in [0, 0.05) is 6.66 Å². The third-order valence-electron chi connectivity index (χ3n) is 1.12. The molecular formula is C5H14NaO5PSi. The summed E-state index contributed by atoms with van der Waals surface area (Å²) in [6, 6.07) is 0.229. The number of hydrogen-bond donors (Lipinski definition) is 2. The molecule has 0 bridgehead atoms. The van der Waals surface area contributed by atoms with Crippen molar-refractivity contribution in [2.45, 2.75) is 19.0 Å². The molecule has 0 amide bonds. The van der Waals surface area contributed by atoms with Gasteiger partial charge in [-0.25, -0.2) is 0 Å². The van der Waals surface area contributed by atoms with Gasteiger partial charge >= 0.3 is 38.1 Å². The van der Waals surface area contributed by atoms with Crippen LogP contribution in [0.25, 0.3) is 0 Å². The van der Waals surface area contributed by atoms with E-state index in [0.717, 1.165) is 6.66 Å². The van der Waals surface area contributed by atoms with E-state index in [0.29, 0.717) is 6.42 Å². The fraction of sp³-hybridized carbons (Fsp3) is 1.00. The zero-order chi connectivity index (χ0) is 9.83. The van der Waals surface area contributed by atoms with Crippen molar-refractivity contribution >= 4 is 16.2 Å². The molecular weight excluding hydrogens is 222 g/mol. The zero-order valence-corrected chi connectivity index (χ0v) is 12.1. The molecule has 2 N–H and O–H groups in total. The van der Waals surface area contributed by atoms with Crippen LogP contribution in [-0.2, 0) is 9.09 Å². The van der Waals surface area contributed by atoms with Crippen molar-refractivity contribution < 1.29 is 53.1 Å². The first-order valence-corrected chi connectivity index (χ1v) is 8.18. The van der Waals surface area contributed by atoms with Crippen molar-refractivity contribution in [1.82, 2.24) is 0 Å². The maximum atomic E-state index is 10.4. The summed E-state index contributed by atoms with van der Waals surface area (Å²) in [5.41, 5.74) is 0. The van der Waals surface area contributed by atoms with E-state index in [1.165, 1.54) is 6.55 Å². The van der Waals surface area contributed by atoms with Crippen LogP contribution in [0.1, 0.15) is 6.42 Å². The normalized spacial score (nSPS) is 16.1. The summed E-state index contributed by atoms with van der Waals surface area (Å²) in [6.07, 6.45) is 0.357. The van der Waals surface area contributed by atoms with Gasteiger partial charge < -0.3 is 23.6 Å². The van der Waals surface area contributed by atoms with Crippen LogP contribution in [-0.4, -0.2) is 31.4 Å². The van der Waals surface area contributed by atoms with Gasteiger partial charge in [-0.05, 0) is 19.0 Å². The molecule has 0 saturated heterocycles. The Kier molecular flexibility index (Phi) is 8.63. The molecule has 8 heteroatoms. The summed E-state index contributed by atoms with van der Waals surface area (Å²) in [4.78, 5) is 28.3. The van der Waals surface area contributed by atoms with E-state index in [9.17, 15) is 9.46 Å². The average Bonchev–Trinajstić information content (AvgIpc) is 1.76. The van der Waals surface area contributed by atoms with Gasteiger partial charge in [-0.3, -0.25) is 0 Å². The molecule has 74 valence electrons. The second kappa shape index (κ2) is 6.71. The van der Waals surface area contributed by atoms with E-state index >= 15 is 0 Å². The largest absolute Gasteiger partial charge is 1.00 e. The second-order valence-corrected chi connectivity index (χ2v) is 7.66. The number of hydrogen-bond acceptors (Lipinski definition) is 5. The summed E-state index contributed by atoms with van der Waals surface area (Å²) in [7, 11) is -6.67. The van der Waals surface area contributed by atoms with Crippen molar-refractivity contribution in [3.8, 4) is 0 Å².